The first-order valence-corrected chi connectivity index (χ1v) is 8.19. The molecule has 0 bridgehead atoms. The highest BCUT2D eigenvalue weighted by molar-refractivity contribution is 6.03. The number of pyridine rings is 1. The number of rotatable bonds is 5. The molecule has 4 rings (SSSR count). The van der Waals surface area contributed by atoms with Gasteiger partial charge in [0.2, 0.25) is 5.52 Å². The first kappa shape index (κ1) is 15.3. The van der Waals surface area contributed by atoms with E-state index in [0.29, 0.717) is 6.54 Å². The molecule has 2 aromatic carbocycles. The first-order chi connectivity index (χ1) is 12.2. The molecule has 6 nitrogen and oxygen atoms in total. The zero-order valence-electron chi connectivity index (χ0n) is 13.6. The van der Waals surface area contributed by atoms with Crippen molar-refractivity contribution < 1.29 is 9.49 Å². The number of nitrogens with zero attached hydrogens (tertiary/aromatic N) is 4. The van der Waals surface area contributed by atoms with Crippen LogP contribution in [-0.4, -0.2) is 14.5 Å². The topological polar surface area (TPSA) is 64.8 Å². The SMILES string of the molecule is O=[N+]([O-])c1nccn1CCC[n+]1cc2ccccc2c2ccccc21. The zero-order valence-corrected chi connectivity index (χ0v) is 13.6. The largest absolute Gasteiger partial charge is 0.434 e. The number of aromatic nitrogens is 3. The van der Waals surface area contributed by atoms with Gasteiger partial charge in [-0.25, -0.2) is 4.57 Å². The predicted molar refractivity (Wildman–Crippen MR) is 95.1 cm³/mol. The molecule has 0 fully saturated rings. The molecule has 0 radical (unpaired) electrons. The van der Waals surface area contributed by atoms with Gasteiger partial charge in [-0.05, 0) is 17.1 Å². The van der Waals surface area contributed by atoms with Gasteiger partial charge in [0.05, 0.1) is 11.9 Å². The number of hydrogen-bond acceptors (Lipinski definition) is 3. The second-order valence-corrected chi connectivity index (χ2v) is 5.96. The van der Waals surface area contributed by atoms with Crippen molar-refractivity contribution in [1.29, 1.82) is 0 Å². The van der Waals surface area contributed by atoms with Gasteiger partial charge in [-0.1, -0.05) is 35.3 Å². The second-order valence-electron chi connectivity index (χ2n) is 5.96. The Morgan fingerprint density at radius 2 is 1.84 bits per heavy atom. The van der Waals surface area contributed by atoms with Crippen molar-refractivity contribution in [3.63, 3.8) is 0 Å². The van der Waals surface area contributed by atoms with Crippen LogP contribution in [0.1, 0.15) is 6.42 Å². The Bertz CT molecular complexity index is 1070. The summed E-state index contributed by atoms with van der Waals surface area (Å²) in [5, 5.41) is 14.6. The Balaban J connectivity index is 1.64. The molecule has 0 unspecified atom stereocenters. The summed E-state index contributed by atoms with van der Waals surface area (Å²) in [7, 11) is 0. The minimum absolute atomic E-state index is 0.103. The van der Waals surface area contributed by atoms with Crippen molar-refractivity contribution in [2.24, 2.45) is 0 Å². The fraction of sp³-hybridized carbons (Fsp3) is 0.158. The van der Waals surface area contributed by atoms with Crippen LogP contribution in [0.3, 0.4) is 0 Å². The van der Waals surface area contributed by atoms with Crippen LogP contribution in [0.5, 0.6) is 0 Å². The van der Waals surface area contributed by atoms with Crippen LogP contribution >= 0.6 is 0 Å². The molecule has 0 spiro atoms. The summed E-state index contributed by atoms with van der Waals surface area (Å²) < 4.78 is 3.81. The van der Waals surface area contributed by atoms with Gasteiger partial charge in [-0.3, -0.25) is 0 Å². The molecule has 0 aliphatic carbocycles. The minimum Gasteiger partial charge on any atom is -0.390 e. The van der Waals surface area contributed by atoms with Gasteiger partial charge in [0.1, 0.15) is 12.4 Å². The summed E-state index contributed by atoms with van der Waals surface area (Å²) in [5.41, 5.74) is 1.17. The maximum Gasteiger partial charge on any atom is 0.434 e. The van der Waals surface area contributed by atoms with Crippen molar-refractivity contribution >= 4 is 27.6 Å². The van der Waals surface area contributed by atoms with Crippen LogP contribution in [0.15, 0.2) is 67.1 Å². The molecule has 6 heteroatoms. The van der Waals surface area contributed by atoms with E-state index in [1.54, 1.807) is 10.8 Å². The molecule has 0 atom stereocenters. The van der Waals surface area contributed by atoms with Crippen molar-refractivity contribution in [2.45, 2.75) is 19.5 Å². The van der Waals surface area contributed by atoms with Gasteiger partial charge in [0, 0.05) is 23.3 Å². The third kappa shape index (κ3) is 2.82. The van der Waals surface area contributed by atoms with Crippen LogP contribution < -0.4 is 4.57 Å². The highest BCUT2D eigenvalue weighted by atomic mass is 16.6. The molecule has 2 heterocycles. The third-order valence-electron chi connectivity index (χ3n) is 4.41. The maximum atomic E-state index is 11.0. The van der Waals surface area contributed by atoms with Crippen molar-refractivity contribution in [2.75, 3.05) is 0 Å². The van der Waals surface area contributed by atoms with Gasteiger partial charge in [0.15, 0.2) is 12.7 Å². The molecule has 0 amide bonds. The first-order valence-electron chi connectivity index (χ1n) is 8.19. The Kier molecular flexibility index (Phi) is 3.85. The summed E-state index contributed by atoms with van der Waals surface area (Å²) in [5.74, 6) is -0.103. The van der Waals surface area contributed by atoms with Crippen LogP contribution in [0.25, 0.3) is 21.7 Å². The van der Waals surface area contributed by atoms with Crippen LogP contribution in [0.2, 0.25) is 0 Å². The van der Waals surface area contributed by atoms with E-state index >= 15 is 0 Å². The van der Waals surface area contributed by atoms with E-state index < -0.39 is 4.92 Å². The fourth-order valence-corrected chi connectivity index (χ4v) is 3.29. The molecule has 0 saturated heterocycles. The number of hydrogen-bond donors (Lipinski definition) is 0. The monoisotopic (exact) mass is 333 g/mol. The molecule has 124 valence electrons. The quantitative estimate of drug-likeness (QED) is 0.243. The average Bonchev–Trinajstić information content (AvgIpc) is 3.11. The van der Waals surface area contributed by atoms with Crippen LogP contribution in [0, 0.1) is 10.1 Å². The molecule has 0 saturated carbocycles. The third-order valence-corrected chi connectivity index (χ3v) is 4.41. The van der Waals surface area contributed by atoms with Gasteiger partial charge in [-0.2, -0.15) is 4.57 Å². The summed E-state index contributed by atoms with van der Waals surface area (Å²) >= 11 is 0. The maximum absolute atomic E-state index is 11.0. The lowest BCUT2D eigenvalue weighted by Crippen LogP contribution is -2.34. The molecule has 2 aromatic heterocycles. The normalized spacial score (nSPS) is 11.2. The van der Waals surface area contributed by atoms with E-state index in [2.05, 4.69) is 46.1 Å². The molecule has 0 N–H and O–H groups in total. The van der Waals surface area contributed by atoms with E-state index in [1.807, 2.05) is 18.2 Å². The van der Waals surface area contributed by atoms with Crippen molar-refractivity contribution in [3.8, 4) is 0 Å². The molecule has 25 heavy (non-hydrogen) atoms. The molecular formula is C19H17N4O2+. The number of nitro groups is 1. The second kappa shape index (κ2) is 6.32. The van der Waals surface area contributed by atoms with E-state index in [-0.39, 0.29) is 5.95 Å². The Morgan fingerprint density at radius 3 is 2.68 bits per heavy atom. The summed E-state index contributed by atoms with van der Waals surface area (Å²) in [6.45, 7) is 1.34. The zero-order chi connectivity index (χ0) is 17.2. The minimum atomic E-state index is -0.446. The van der Waals surface area contributed by atoms with E-state index in [9.17, 15) is 10.1 Å². The van der Waals surface area contributed by atoms with Crippen LogP contribution in [-0.2, 0) is 13.1 Å². The van der Waals surface area contributed by atoms with Gasteiger partial charge in [0.25, 0.3) is 0 Å². The van der Waals surface area contributed by atoms with Gasteiger partial charge >= 0.3 is 5.95 Å². The lowest BCUT2D eigenvalue weighted by molar-refractivity contribution is -0.670. The van der Waals surface area contributed by atoms with E-state index in [0.717, 1.165) is 13.0 Å². The predicted octanol–water partition coefficient (Wildman–Crippen LogP) is 3.48. The number of benzene rings is 2. The fourth-order valence-electron chi connectivity index (χ4n) is 3.29. The highest BCUT2D eigenvalue weighted by Crippen LogP contribution is 2.22. The number of imidazole rings is 1. The Morgan fingerprint density at radius 1 is 1.08 bits per heavy atom. The molecule has 0 aliphatic heterocycles. The summed E-state index contributed by atoms with van der Waals surface area (Å²) in [6, 6.07) is 16.7. The lowest BCUT2D eigenvalue weighted by atomic mass is 10.1. The molecular weight excluding hydrogens is 316 g/mol. The van der Waals surface area contributed by atoms with E-state index in [4.69, 9.17) is 0 Å². The molecule has 0 aliphatic rings. The smallest absolute Gasteiger partial charge is 0.390 e. The lowest BCUT2D eigenvalue weighted by Gasteiger charge is -2.06. The summed E-state index contributed by atoms with van der Waals surface area (Å²) in [4.78, 5) is 14.3. The number of fused-ring (bicyclic) bond motifs is 3. The van der Waals surface area contributed by atoms with Crippen molar-refractivity contribution in [3.05, 3.63) is 77.2 Å². The number of para-hydroxylation sites is 1. The molecule has 4 aromatic rings. The standard InChI is InChI=1S/C19H17N4O2/c24-23(25)19-20-10-13-21(19)11-5-12-22-14-15-6-1-2-7-16(15)17-8-3-4-9-18(17)22/h1-4,6-10,13-14H,5,11-12H2/q+1. The highest BCUT2D eigenvalue weighted by Gasteiger charge is 2.16. The number of aryl methyl sites for hydroxylation is 2. The van der Waals surface area contributed by atoms with Gasteiger partial charge < -0.3 is 10.1 Å². The van der Waals surface area contributed by atoms with Crippen molar-refractivity contribution in [1.82, 2.24) is 9.55 Å². The Hall–Kier alpha value is -3.28. The van der Waals surface area contributed by atoms with E-state index in [1.165, 1.54) is 27.9 Å². The van der Waals surface area contributed by atoms with Crippen LogP contribution in [0.4, 0.5) is 5.95 Å². The van der Waals surface area contributed by atoms with Gasteiger partial charge in [-0.15, -0.1) is 0 Å². The Labute approximate surface area is 144 Å². The average molecular weight is 333 g/mol. The summed E-state index contributed by atoms with van der Waals surface area (Å²) in [6.07, 6.45) is 6.06.